The molecule has 0 aliphatic rings. The molecule has 0 saturated carbocycles. The first-order valence-corrected chi connectivity index (χ1v) is 5.77. The second-order valence-corrected chi connectivity index (χ2v) is 4.23. The van der Waals surface area contributed by atoms with Crippen LogP contribution >= 0.6 is 0 Å². The van der Waals surface area contributed by atoms with E-state index < -0.39 is 24.6 Å². The molecule has 1 nitrogen and oxygen atoms in total. The molecule has 0 heterocycles. The third-order valence-electron chi connectivity index (χ3n) is 2.87. The number of alkyl halides is 5. The minimum atomic E-state index is -5.56. The van der Waals surface area contributed by atoms with Crippen LogP contribution in [0.5, 0.6) is 0 Å². The third kappa shape index (κ3) is 3.89. The Balaban J connectivity index is 2.95. The van der Waals surface area contributed by atoms with Crippen LogP contribution in [-0.2, 0) is 11.2 Å². The molecule has 1 aromatic rings. The Morgan fingerprint density at radius 3 is 2.26 bits per heavy atom. The van der Waals surface area contributed by atoms with E-state index in [0.717, 1.165) is 12.7 Å². The lowest BCUT2D eigenvalue weighted by atomic mass is 9.99. The van der Waals surface area contributed by atoms with Crippen LogP contribution in [0.4, 0.5) is 22.0 Å². The minimum Gasteiger partial charge on any atom is -0.377 e. The van der Waals surface area contributed by atoms with E-state index in [4.69, 9.17) is 4.74 Å². The van der Waals surface area contributed by atoms with Crippen molar-refractivity contribution in [2.45, 2.75) is 38.0 Å². The lowest BCUT2D eigenvalue weighted by molar-refractivity contribution is -0.291. The first kappa shape index (κ1) is 15.9. The molecule has 1 unspecified atom stereocenters. The Hall–Kier alpha value is -1.17. The Bertz CT molecular complexity index is 414. The van der Waals surface area contributed by atoms with Crippen LogP contribution in [0.15, 0.2) is 24.3 Å². The maximum absolute atomic E-state index is 13.0. The predicted molar refractivity (Wildman–Crippen MR) is 61.2 cm³/mol. The topological polar surface area (TPSA) is 9.23 Å². The van der Waals surface area contributed by atoms with Gasteiger partial charge in [-0.1, -0.05) is 31.2 Å². The van der Waals surface area contributed by atoms with Gasteiger partial charge in [-0.25, -0.2) is 0 Å². The van der Waals surface area contributed by atoms with Crippen LogP contribution in [-0.4, -0.2) is 19.2 Å². The van der Waals surface area contributed by atoms with Gasteiger partial charge in [0.2, 0.25) is 0 Å². The summed E-state index contributed by atoms with van der Waals surface area (Å²) < 4.78 is 67.4. The van der Waals surface area contributed by atoms with Crippen molar-refractivity contribution in [1.82, 2.24) is 0 Å². The summed E-state index contributed by atoms with van der Waals surface area (Å²) in [6.07, 6.45) is -7.60. The number of methoxy groups -OCH3 is 1. The van der Waals surface area contributed by atoms with Crippen LogP contribution in [0.1, 0.15) is 30.6 Å². The number of aryl methyl sites for hydroxylation is 1. The number of hydrogen-bond donors (Lipinski definition) is 0. The molecule has 0 N–H and O–H groups in total. The van der Waals surface area contributed by atoms with Crippen LogP contribution in [0.25, 0.3) is 0 Å². The average Bonchev–Trinajstić information content (AvgIpc) is 2.34. The highest BCUT2D eigenvalue weighted by molar-refractivity contribution is 5.25. The van der Waals surface area contributed by atoms with Gasteiger partial charge in [-0.05, 0) is 17.5 Å². The van der Waals surface area contributed by atoms with Gasteiger partial charge in [0.1, 0.15) is 0 Å². The van der Waals surface area contributed by atoms with E-state index >= 15 is 0 Å². The van der Waals surface area contributed by atoms with Crippen molar-refractivity contribution >= 4 is 0 Å². The van der Waals surface area contributed by atoms with E-state index in [2.05, 4.69) is 0 Å². The SMILES string of the molecule is CCc1cccc(C(CC(F)(F)C(F)(F)F)OC)c1. The lowest BCUT2D eigenvalue weighted by Crippen LogP contribution is -2.38. The molecule has 1 rings (SSSR count). The lowest BCUT2D eigenvalue weighted by Gasteiger charge is -2.24. The van der Waals surface area contributed by atoms with Crippen LogP contribution < -0.4 is 0 Å². The van der Waals surface area contributed by atoms with E-state index in [1.165, 1.54) is 6.07 Å². The number of halogens is 5. The molecular formula is C13H15F5O. The summed E-state index contributed by atoms with van der Waals surface area (Å²) in [5.74, 6) is -4.77. The number of hydrogen-bond acceptors (Lipinski definition) is 1. The molecule has 0 aliphatic heterocycles. The van der Waals surface area contributed by atoms with E-state index in [9.17, 15) is 22.0 Å². The van der Waals surface area contributed by atoms with Crippen LogP contribution in [0, 0.1) is 0 Å². The molecule has 1 aromatic carbocycles. The van der Waals surface area contributed by atoms with E-state index in [1.54, 1.807) is 18.2 Å². The Kier molecular flexibility index (Phi) is 4.90. The van der Waals surface area contributed by atoms with Gasteiger partial charge in [-0.15, -0.1) is 0 Å². The second-order valence-electron chi connectivity index (χ2n) is 4.23. The molecule has 1 atom stereocenters. The second kappa shape index (κ2) is 5.86. The average molecular weight is 282 g/mol. The zero-order valence-corrected chi connectivity index (χ0v) is 10.6. The zero-order chi connectivity index (χ0) is 14.7. The predicted octanol–water partition coefficient (Wildman–Crippen LogP) is 4.52. The molecule has 6 heteroatoms. The molecule has 19 heavy (non-hydrogen) atoms. The molecule has 0 saturated heterocycles. The van der Waals surface area contributed by atoms with E-state index in [-0.39, 0.29) is 0 Å². The highest BCUT2D eigenvalue weighted by Gasteiger charge is 2.58. The third-order valence-corrected chi connectivity index (χ3v) is 2.87. The minimum absolute atomic E-state index is 0.325. The normalized spacial score (nSPS) is 14.5. The van der Waals surface area contributed by atoms with Crippen molar-refractivity contribution < 1.29 is 26.7 Å². The molecular weight excluding hydrogens is 267 g/mol. The van der Waals surface area contributed by atoms with Gasteiger partial charge in [0.05, 0.1) is 12.5 Å². The van der Waals surface area contributed by atoms with Crippen molar-refractivity contribution in [2.24, 2.45) is 0 Å². The van der Waals surface area contributed by atoms with E-state index in [1.807, 2.05) is 6.92 Å². The first-order valence-electron chi connectivity index (χ1n) is 5.77. The Morgan fingerprint density at radius 2 is 1.79 bits per heavy atom. The fraction of sp³-hybridized carbons (Fsp3) is 0.538. The molecule has 0 aromatic heterocycles. The number of benzene rings is 1. The highest BCUT2D eigenvalue weighted by atomic mass is 19.4. The summed E-state index contributed by atoms with van der Waals surface area (Å²) in [5, 5.41) is 0. The maximum atomic E-state index is 13.0. The van der Waals surface area contributed by atoms with Crippen molar-refractivity contribution in [3.8, 4) is 0 Å². The largest absolute Gasteiger partial charge is 0.453 e. The van der Waals surface area contributed by atoms with Gasteiger partial charge in [-0.3, -0.25) is 0 Å². The number of rotatable bonds is 5. The fourth-order valence-electron chi connectivity index (χ4n) is 1.70. The molecule has 0 radical (unpaired) electrons. The van der Waals surface area contributed by atoms with Crippen molar-refractivity contribution in [1.29, 1.82) is 0 Å². The first-order chi connectivity index (χ1) is 8.71. The molecule has 0 amide bonds. The van der Waals surface area contributed by atoms with Gasteiger partial charge in [0.15, 0.2) is 0 Å². The highest BCUT2D eigenvalue weighted by Crippen LogP contribution is 2.42. The van der Waals surface area contributed by atoms with Crippen molar-refractivity contribution in [2.75, 3.05) is 7.11 Å². The summed E-state index contributed by atoms with van der Waals surface area (Å²) in [7, 11) is 1.12. The van der Waals surface area contributed by atoms with Gasteiger partial charge in [-0.2, -0.15) is 22.0 Å². The summed E-state index contributed by atoms with van der Waals surface area (Å²) in [5.41, 5.74) is 1.18. The van der Waals surface area contributed by atoms with Gasteiger partial charge < -0.3 is 4.74 Å². The molecule has 0 aliphatic carbocycles. The fourth-order valence-corrected chi connectivity index (χ4v) is 1.70. The van der Waals surface area contributed by atoms with Crippen LogP contribution in [0.2, 0.25) is 0 Å². The van der Waals surface area contributed by atoms with Gasteiger partial charge in [0.25, 0.3) is 0 Å². The van der Waals surface area contributed by atoms with E-state index in [0.29, 0.717) is 12.0 Å². The molecule has 0 fully saturated rings. The van der Waals surface area contributed by atoms with Crippen molar-refractivity contribution in [3.63, 3.8) is 0 Å². The molecule has 0 spiro atoms. The summed E-state index contributed by atoms with van der Waals surface area (Å²) in [4.78, 5) is 0. The zero-order valence-electron chi connectivity index (χ0n) is 10.6. The summed E-state index contributed by atoms with van der Waals surface area (Å²) in [6, 6.07) is 6.46. The molecule has 108 valence electrons. The number of ether oxygens (including phenoxy) is 1. The monoisotopic (exact) mass is 282 g/mol. The van der Waals surface area contributed by atoms with Crippen molar-refractivity contribution in [3.05, 3.63) is 35.4 Å². The Labute approximate surface area is 108 Å². The van der Waals surface area contributed by atoms with Gasteiger partial charge >= 0.3 is 12.1 Å². The quantitative estimate of drug-likeness (QED) is 0.721. The Morgan fingerprint density at radius 1 is 1.16 bits per heavy atom. The standard InChI is InChI=1S/C13H15F5O/c1-3-9-5-4-6-10(7-9)11(19-2)8-12(14,15)13(16,17)18/h4-7,11H,3,8H2,1-2H3. The van der Waals surface area contributed by atoms with Gasteiger partial charge in [0, 0.05) is 7.11 Å². The summed E-state index contributed by atoms with van der Waals surface area (Å²) in [6.45, 7) is 1.87. The smallest absolute Gasteiger partial charge is 0.377 e. The summed E-state index contributed by atoms with van der Waals surface area (Å²) >= 11 is 0. The maximum Gasteiger partial charge on any atom is 0.453 e. The molecule has 0 bridgehead atoms. The van der Waals surface area contributed by atoms with Crippen LogP contribution in [0.3, 0.4) is 0 Å².